The summed E-state index contributed by atoms with van der Waals surface area (Å²) in [7, 11) is 0. The lowest BCUT2D eigenvalue weighted by molar-refractivity contribution is 0.339. The third-order valence-electron chi connectivity index (χ3n) is 2.89. The Morgan fingerprint density at radius 1 is 1.44 bits per heavy atom. The molecule has 1 aromatic carbocycles. The van der Waals surface area contributed by atoms with E-state index in [-0.39, 0.29) is 0 Å². The van der Waals surface area contributed by atoms with Crippen LogP contribution in [0, 0.1) is 0 Å². The van der Waals surface area contributed by atoms with Crippen LogP contribution in [0.5, 0.6) is 5.75 Å². The van der Waals surface area contributed by atoms with Gasteiger partial charge >= 0.3 is 0 Å². The molecule has 0 saturated heterocycles. The maximum Gasteiger partial charge on any atom is 0.128 e. The van der Waals surface area contributed by atoms with Gasteiger partial charge in [0.2, 0.25) is 0 Å². The SMILES string of the molecule is CCOc1ccc(Br)c2c1C=N[C@@H](CC)C2. The lowest BCUT2D eigenvalue weighted by atomic mass is 9.96. The van der Waals surface area contributed by atoms with Gasteiger partial charge < -0.3 is 4.74 Å². The fraction of sp³-hybridized carbons (Fsp3) is 0.462. The van der Waals surface area contributed by atoms with Crippen molar-refractivity contribution < 1.29 is 4.74 Å². The highest BCUT2D eigenvalue weighted by Gasteiger charge is 2.19. The Bertz CT molecular complexity index is 415. The minimum atomic E-state index is 0.417. The van der Waals surface area contributed by atoms with Crippen LogP contribution >= 0.6 is 15.9 Å². The summed E-state index contributed by atoms with van der Waals surface area (Å²) in [4.78, 5) is 4.55. The monoisotopic (exact) mass is 281 g/mol. The largest absolute Gasteiger partial charge is 0.493 e. The van der Waals surface area contributed by atoms with E-state index < -0.39 is 0 Å². The molecule has 86 valence electrons. The Morgan fingerprint density at radius 2 is 2.25 bits per heavy atom. The van der Waals surface area contributed by atoms with Gasteiger partial charge in [0.05, 0.1) is 12.6 Å². The van der Waals surface area contributed by atoms with E-state index in [0.717, 1.165) is 28.6 Å². The van der Waals surface area contributed by atoms with Crippen molar-refractivity contribution in [2.45, 2.75) is 32.7 Å². The molecule has 0 fully saturated rings. The van der Waals surface area contributed by atoms with E-state index in [1.165, 1.54) is 5.56 Å². The summed E-state index contributed by atoms with van der Waals surface area (Å²) in [6.45, 7) is 4.87. The molecule has 1 aromatic rings. The van der Waals surface area contributed by atoms with E-state index in [0.29, 0.717) is 12.6 Å². The van der Waals surface area contributed by atoms with Crippen LogP contribution in [-0.2, 0) is 6.42 Å². The third kappa shape index (κ3) is 2.14. The standard InChI is InChI=1S/C13H16BrNO/c1-3-9-7-10-11(8-15-9)13(16-4-2)6-5-12(10)14/h5-6,8-9H,3-4,7H2,1-2H3/t9-/m0/s1. The van der Waals surface area contributed by atoms with Gasteiger partial charge in [-0.1, -0.05) is 22.9 Å². The third-order valence-corrected chi connectivity index (χ3v) is 3.63. The van der Waals surface area contributed by atoms with Crippen LogP contribution in [0.2, 0.25) is 0 Å². The van der Waals surface area contributed by atoms with Gasteiger partial charge in [-0.25, -0.2) is 0 Å². The summed E-state index contributed by atoms with van der Waals surface area (Å²) in [6, 6.07) is 4.49. The number of nitrogens with zero attached hydrogens (tertiary/aromatic N) is 1. The molecule has 1 aliphatic heterocycles. The van der Waals surface area contributed by atoms with Gasteiger partial charge in [0.25, 0.3) is 0 Å². The molecule has 0 spiro atoms. The first-order chi connectivity index (χ1) is 7.76. The van der Waals surface area contributed by atoms with Gasteiger partial charge in [-0.2, -0.15) is 0 Å². The number of ether oxygens (including phenoxy) is 1. The Hall–Kier alpha value is -0.830. The second-order valence-corrected chi connectivity index (χ2v) is 4.77. The molecule has 1 aliphatic rings. The van der Waals surface area contributed by atoms with E-state index in [2.05, 4.69) is 33.9 Å². The number of benzene rings is 1. The van der Waals surface area contributed by atoms with Crippen LogP contribution in [0.4, 0.5) is 0 Å². The van der Waals surface area contributed by atoms with Crippen molar-refractivity contribution >= 4 is 22.1 Å². The molecular weight excluding hydrogens is 266 g/mol. The highest BCUT2D eigenvalue weighted by Crippen LogP contribution is 2.32. The quantitative estimate of drug-likeness (QED) is 0.830. The fourth-order valence-electron chi connectivity index (χ4n) is 1.96. The van der Waals surface area contributed by atoms with E-state index in [4.69, 9.17) is 4.74 Å². The zero-order valence-electron chi connectivity index (χ0n) is 9.66. The summed E-state index contributed by atoms with van der Waals surface area (Å²) in [6.07, 6.45) is 4.05. The lowest BCUT2D eigenvalue weighted by Crippen LogP contribution is -2.16. The van der Waals surface area contributed by atoms with E-state index in [1.54, 1.807) is 0 Å². The average molecular weight is 282 g/mol. The van der Waals surface area contributed by atoms with Gasteiger partial charge in [0, 0.05) is 16.3 Å². The molecule has 0 aliphatic carbocycles. The lowest BCUT2D eigenvalue weighted by Gasteiger charge is -2.21. The highest BCUT2D eigenvalue weighted by molar-refractivity contribution is 9.10. The Morgan fingerprint density at radius 3 is 2.94 bits per heavy atom. The molecule has 0 aromatic heterocycles. The van der Waals surface area contributed by atoms with Crippen molar-refractivity contribution in [1.82, 2.24) is 0 Å². The highest BCUT2D eigenvalue weighted by atomic mass is 79.9. The predicted octanol–water partition coefficient (Wildman–Crippen LogP) is 3.60. The first kappa shape index (κ1) is 11.6. The molecule has 2 nitrogen and oxygen atoms in total. The molecule has 3 heteroatoms. The van der Waals surface area contributed by atoms with Crippen molar-refractivity contribution in [3.63, 3.8) is 0 Å². The van der Waals surface area contributed by atoms with Gasteiger partial charge in [-0.05, 0) is 37.5 Å². The number of rotatable bonds is 3. The molecule has 1 heterocycles. The first-order valence-electron chi connectivity index (χ1n) is 5.73. The van der Waals surface area contributed by atoms with Crippen molar-refractivity contribution in [2.24, 2.45) is 4.99 Å². The average Bonchev–Trinajstić information content (AvgIpc) is 2.33. The summed E-state index contributed by atoms with van der Waals surface area (Å²) < 4.78 is 6.78. The topological polar surface area (TPSA) is 21.6 Å². The van der Waals surface area contributed by atoms with Gasteiger partial charge in [-0.15, -0.1) is 0 Å². The Kier molecular flexibility index (Phi) is 3.64. The van der Waals surface area contributed by atoms with Crippen LogP contribution in [0.25, 0.3) is 0 Å². The second-order valence-electron chi connectivity index (χ2n) is 3.92. The van der Waals surface area contributed by atoms with Crippen molar-refractivity contribution in [3.05, 3.63) is 27.7 Å². The molecule has 0 bridgehead atoms. The Balaban J connectivity index is 2.42. The molecule has 2 rings (SSSR count). The molecule has 0 saturated carbocycles. The number of aliphatic imine (C=N–C) groups is 1. The smallest absolute Gasteiger partial charge is 0.128 e. The Labute approximate surface area is 105 Å². The van der Waals surface area contributed by atoms with Crippen molar-refractivity contribution in [3.8, 4) is 5.75 Å². The minimum absolute atomic E-state index is 0.417. The van der Waals surface area contributed by atoms with Crippen molar-refractivity contribution in [2.75, 3.05) is 6.61 Å². The van der Waals surface area contributed by atoms with Gasteiger partial charge in [0.1, 0.15) is 5.75 Å². The minimum Gasteiger partial charge on any atom is -0.493 e. The van der Waals surface area contributed by atoms with E-state index >= 15 is 0 Å². The molecule has 0 amide bonds. The number of hydrogen-bond donors (Lipinski definition) is 0. The molecule has 0 N–H and O–H groups in total. The molecular formula is C13H16BrNO. The van der Waals surface area contributed by atoms with Crippen LogP contribution in [0.15, 0.2) is 21.6 Å². The van der Waals surface area contributed by atoms with Crippen LogP contribution < -0.4 is 4.74 Å². The molecule has 1 atom stereocenters. The number of hydrogen-bond acceptors (Lipinski definition) is 2. The molecule has 0 radical (unpaired) electrons. The second kappa shape index (κ2) is 5.00. The van der Waals surface area contributed by atoms with Gasteiger partial charge in [0.15, 0.2) is 0 Å². The normalized spacial score (nSPS) is 18.3. The zero-order chi connectivity index (χ0) is 11.5. The summed E-state index contributed by atoms with van der Waals surface area (Å²) >= 11 is 3.61. The summed E-state index contributed by atoms with van der Waals surface area (Å²) in [5, 5.41) is 0. The zero-order valence-corrected chi connectivity index (χ0v) is 11.3. The van der Waals surface area contributed by atoms with Crippen LogP contribution in [-0.4, -0.2) is 18.9 Å². The molecule has 0 unspecified atom stereocenters. The van der Waals surface area contributed by atoms with E-state index in [1.807, 2.05) is 19.2 Å². The predicted molar refractivity (Wildman–Crippen MR) is 70.7 cm³/mol. The first-order valence-corrected chi connectivity index (χ1v) is 6.52. The summed E-state index contributed by atoms with van der Waals surface area (Å²) in [5.41, 5.74) is 2.47. The van der Waals surface area contributed by atoms with Crippen LogP contribution in [0.1, 0.15) is 31.4 Å². The summed E-state index contributed by atoms with van der Waals surface area (Å²) in [5.74, 6) is 0.944. The molecule has 16 heavy (non-hydrogen) atoms. The van der Waals surface area contributed by atoms with Gasteiger partial charge in [-0.3, -0.25) is 4.99 Å². The maximum absolute atomic E-state index is 5.62. The number of halogens is 1. The fourth-order valence-corrected chi connectivity index (χ4v) is 2.47. The van der Waals surface area contributed by atoms with Crippen LogP contribution in [0.3, 0.4) is 0 Å². The number of fused-ring (bicyclic) bond motifs is 1. The van der Waals surface area contributed by atoms with E-state index in [9.17, 15) is 0 Å². The van der Waals surface area contributed by atoms with Crippen molar-refractivity contribution in [1.29, 1.82) is 0 Å². The maximum atomic E-state index is 5.62.